The van der Waals surface area contributed by atoms with Gasteiger partial charge in [-0.3, -0.25) is 0 Å². The van der Waals surface area contributed by atoms with Gasteiger partial charge in [0.1, 0.15) is 6.61 Å². The molecule has 0 bridgehead atoms. The zero-order chi connectivity index (χ0) is 18.0. The maximum Gasteiger partial charge on any atom is 0.368 e. The van der Waals surface area contributed by atoms with Crippen LogP contribution in [-0.4, -0.2) is 19.8 Å². The van der Waals surface area contributed by atoms with Crippen molar-refractivity contribution in [3.8, 4) is 11.4 Å². The average Bonchev–Trinajstić information content (AvgIpc) is 2.93. The van der Waals surface area contributed by atoms with Crippen LogP contribution in [0, 0.1) is 12.7 Å². The van der Waals surface area contributed by atoms with Crippen molar-refractivity contribution in [2.45, 2.75) is 26.9 Å². The first kappa shape index (κ1) is 16.9. The third kappa shape index (κ3) is 3.31. The minimum absolute atomic E-state index is 0.127. The number of benzene rings is 2. The highest BCUT2D eigenvalue weighted by atomic mass is 19.1. The minimum Gasteiger partial charge on any atom is -0.486 e. The monoisotopic (exact) mass is 342 g/mol. The van der Waals surface area contributed by atoms with Crippen LogP contribution in [0.2, 0.25) is 0 Å². The molecule has 1 aromatic heterocycles. The quantitative estimate of drug-likeness (QED) is 0.715. The number of halogens is 1. The van der Waals surface area contributed by atoms with E-state index in [2.05, 4.69) is 10.4 Å². The Labute approximate surface area is 144 Å². The molecule has 3 rings (SSSR count). The van der Waals surface area contributed by atoms with Crippen molar-refractivity contribution in [1.29, 1.82) is 0 Å². The topological polar surface area (TPSA) is 61.9 Å². The third-order valence-electron chi connectivity index (χ3n) is 4.04. The maximum absolute atomic E-state index is 14.0. The molecule has 0 fully saturated rings. The van der Waals surface area contributed by atoms with Crippen molar-refractivity contribution in [2.24, 2.45) is 7.05 Å². The summed E-state index contributed by atoms with van der Waals surface area (Å²) in [5, 5.41) is 7.64. The van der Waals surface area contributed by atoms with E-state index in [-0.39, 0.29) is 18.0 Å². The van der Waals surface area contributed by atoms with Crippen molar-refractivity contribution in [3.63, 3.8) is 0 Å². The van der Waals surface area contributed by atoms with Gasteiger partial charge in [-0.1, -0.05) is 25.1 Å². The number of ether oxygens (including phenoxy) is 1. The lowest BCUT2D eigenvalue weighted by atomic mass is 10.0. The molecule has 0 unspecified atom stereocenters. The zero-order valence-electron chi connectivity index (χ0n) is 14.4. The van der Waals surface area contributed by atoms with E-state index in [1.807, 2.05) is 26.0 Å². The molecule has 0 amide bonds. The summed E-state index contributed by atoms with van der Waals surface area (Å²) in [6.45, 7) is 3.95. The van der Waals surface area contributed by atoms with Gasteiger partial charge in [-0.05, 0) is 53.1 Å². The van der Waals surface area contributed by atoms with Crippen molar-refractivity contribution >= 4 is 0 Å². The van der Waals surface area contributed by atoms with Gasteiger partial charge in [0, 0.05) is 12.6 Å². The standard InChI is InChI=1S/C18H19FN4O2/c1-4-13-6-5-7-16(23-18(24)22(3)20-21-23)14(13)11-25-17-9-8-12(2)10-15(17)19/h5-10H,4,11H2,1-3H3. The van der Waals surface area contributed by atoms with Crippen LogP contribution < -0.4 is 10.4 Å². The molecule has 3 aromatic rings. The van der Waals surface area contributed by atoms with Crippen LogP contribution in [0.5, 0.6) is 5.75 Å². The number of hydrogen-bond acceptors (Lipinski definition) is 4. The Balaban J connectivity index is 1.99. The van der Waals surface area contributed by atoms with E-state index < -0.39 is 5.82 Å². The summed E-state index contributed by atoms with van der Waals surface area (Å²) in [4.78, 5) is 12.2. The molecular formula is C18H19FN4O2. The summed E-state index contributed by atoms with van der Waals surface area (Å²) in [6, 6.07) is 10.4. The van der Waals surface area contributed by atoms with Crippen LogP contribution >= 0.6 is 0 Å². The SMILES string of the molecule is CCc1cccc(-n2nnn(C)c2=O)c1COc1ccc(C)cc1F. The summed E-state index contributed by atoms with van der Waals surface area (Å²) in [6.07, 6.45) is 0.748. The number of hydrogen-bond donors (Lipinski definition) is 0. The predicted octanol–water partition coefficient (Wildman–Crippen LogP) is 2.55. The fraction of sp³-hybridized carbons (Fsp3) is 0.278. The van der Waals surface area contributed by atoms with E-state index in [1.165, 1.54) is 17.8 Å². The molecule has 130 valence electrons. The maximum atomic E-state index is 14.0. The second-order valence-corrected chi connectivity index (χ2v) is 5.79. The Morgan fingerprint density at radius 3 is 2.64 bits per heavy atom. The molecule has 25 heavy (non-hydrogen) atoms. The molecule has 0 saturated carbocycles. The highest BCUT2D eigenvalue weighted by Crippen LogP contribution is 2.23. The minimum atomic E-state index is -0.410. The van der Waals surface area contributed by atoms with Crippen LogP contribution in [0.4, 0.5) is 4.39 Å². The van der Waals surface area contributed by atoms with Gasteiger partial charge in [0.15, 0.2) is 11.6 Å². The fourth-order valence-electron chi connectivity index (χ4n) is 2.66. The lowest BCUT2D eigenvalue weighted by Gasteiger charge is -2.14. The van der Waals surface area contributed by atoms with E-state index in [0.29, 0.717) is 5.69 Å². The van der Waals surface area contributed by atoms with Gasteiger partial charge in [0.25, 0.3) is 0 Å². The molecular weight excluding hydrogens is 323 g/mol. The van der Waals surface area contributed by atoms with Crippen LogP contribution in [0.25, 0.3) is 5.69 Å². The Bertz CT molecular complexity index is 962. The normalized spacial score (nSPS) is 10.9. The van der Waals surface area contributed by atoms with Gasteiger partial charge in [-0.15, -0.1) is 0 Å². The number of aromatic nitrogens is 4. The summed E-state index contributed by atoms with van der Waals surface area (Å²) in [5.74, 6) is -0.235. The number of nitrogens with zero attached hydrogens (tertiary/aromatic N) is 4. The first-order chi connectivity index (χ1) is 12.0. The second kappa shape index (κ2) is 6.88. The van der Waals surface area contributed by atoms with Gasteiger partial charge in [-0.25, -0.2) is 9.18 Å². The molecule has 2 aromatic carbocycles. The Kier molecular flexibility index (Phi) is 4.65. The Morgan fingerprint density at radius 1 is 1.20 bits per heavy atom. The van der Waals surface area contributed by atoms with Crippen molar-refractivity contribution < 1.29 is 9.13 Å². The van der Waals surface area contributed by atoms with Crippen LogP contribution in [0.1, 0.15) is 23.6 Å². The molecule has 0 radical (unpaired) electrons. The van der Waals surface area contributed by atoms with E-state index in [0.717, 1.165) is 27.8 Å². The van der Waals surface area contributed by atoms with Crippen molar-refractivity contribution in [2.75, 3.05) is 0 Å². The first-order valence-corrected chi connectivity index (χ1v) is 8.00. The summed E-state index contributed by atoms with van der Waals surface area (Å²) < 4.78 is 22.1. The first-order valence-electron chi connectivity index (χ1n) is 8.00. The van der Waals surface area contributed by atoms with Crippen LogP contribution in [0.3, 0.4) is 0 Å². The number of aryl methyl sites for hydroxylation is 3. The van der Waals surface area contributed by atoms with Crippen molar-refractivity contribution in [3.05, 3.63) is 69.4 Å². The lowest BCUT2D eigenvalue weighted by molar-refractivity contribution is 0.288. The van der Waals surface area contributed by atoms with E-state index in [9.17, 15) is 9.18 Å². The lowest BCUT2D eigenvalue weighted by Crippen LogP contribution is -2.23. The summed E-state index contributed by atoms with van der Waals surface area (Å²) >= 11 is 0. The zero-order valence-corrected chi connectivity index (χ0v) is 14.4. The summed E-state index contributed by atoms with van der Waals surface area (Å²) in [7, 11) is 1.54. The van der Waals surface area contributed by atoms with Crippen LogP contribution in [-0.2, 0) is 20.1 Å². The average molecular weight is 342 g/mol. The van der Waals surface area contributed by atoms with Gasteiger partial charge < -0.3 is 4.74 Å². The molecule has 0 saturated heterocycles. The molecule has 0 aliphatic rings. The van der Waals surface area contributed by atoms with Crippen LogP contribution in [0.15, 0.2) is 41.2 Å². The predicted molar refractivity (Wildman–Crippen MR) is 91.4 cm³/mol. The summed E-state index contributed by atoms with van der Waals surface area (Å²) in [5.41, 5.74) is 2.85. The van der Waals surface area contributed by atoms with Gasteiger partial charge in [0.05, 0.1) is 5.69 Å². The smallest absolute Gasteiger partial charge is 0.368 e. The molecule has 6 nitrogen and oxygen atoms in total. The van der Waals surface area contributed by atoms with Crippen molar-refractivity contribution in [1.82, 2.24) is 19.8 Å². The second-order valence-electron chi connectivity index (χ2n) is 5.79. The molecule has 7 heteroatoms. The molecule has 0 aliphatic carbocycles. The Hall–Kier alpha value is -2.96. The highest BCUT2D eigenvalue weighted by molar-refractivity contribution is 5.45. The van der Waals surface area contributed by atoms with E-state index in [4.69, 9.17) is 4.74 Å². The Morgan fingerprint density at radius 2 is 2.00 bits per heavy atom. The highest BCUT2D eigenvalue weighted by Gasteiger charge is 2.15. The van der Waals surface area contributed by atoms with Gasteiger partial charge >= 0.3 is 5.69 Å². The van der Waals surface area contributed by atoms with Gasteiger partial charge in [0.2, 0.25) is 0 Å². The third-order valence-corrected chi connectivity index (χ3v) is 4.04. The largest absolute Gasteiger partial charge is 0.486 e. The molecule has 1 heterocycles. The molecule has 0 spiro atoms. The number of tetrazole rings is 1. The molecule has 0 aliphatic heterocycles. The molecule has 0 atom stereocenters. The van der Waals surface area contributed by atoms with E-state index in [1.54, 1.807) is 18.2 Å². The fourth-order valence-corrected chi connectivity index (χ4v) is 2.66. The van der Waals surface area contributed by atoms with Gasteiger partial charge in [-0.2, -0.15) is 9.36 Å². The molecule has 0 N–H and O–H groups in total. The van der Waals surface area contributed by atoms with E-state index >= 15 is 0 Å². The number of rotatable bonds is 5.